The van der Waals surface area contributed by atoms with Crippen molar-refractivity contribution >= 4 is 21.4 Å². The fraction of sp³-hybridized carbons (Fsp3) is 0.429. The zero-order valence-corrected chi connectivity index (χ0v) is 9.49. The van der Waals surface area contributed by atoms with Crippen molar-refractivity contribution in [3.63, 3.8) is 0 Å². The average Bonchev–Trinajstić information content (AvgIpc) is 2.15. The van der Waals surface area contributed by atoms with Crippen LogP contribution in [0.5, 0.6) is 0 Å². The molecule has 0 fully saturated rings. The maximum atomic E-state index is 12.5. The summed E-state index contributed by atoms with van der Waals surface area (Å²) in [5.41, 5.74) is -1.53. The lowest BCUT2D eigenvalue weighted by atomic mass is 10.4. The third-order valence-corrected chi connectivity index (χ3v) is 3.89. The molecule has 90 valence electrons. The van der Waals surface area contributed by atoms with E-state index in [0.717, 1.165) is 0 Å². The second-order valence-electron chi connectivity index (χ2n) is 2.74. The van der Waals surface area contributed by atoms with Crippen LogP contribution < -0.4 is 0 Å². The molecule has 0 N–H and O–H groups in total. The molecule has 0 saturated carbocycles. The molecule has 0 unspecified atom stereocenters. The Morgan fingerprint density at radius 3 is 2.38 bits per heavy atom. The first-order valence-electron chi connectivity index (χ1n) is 4.00. The molecule has 1 aromatic rings. The average molecular weight is 275 g/mol. The van der Waals surface area contributed by atoms with Crippen LogP contribution in [0.1, 0.15) is 12.6 Å². The molecule has 0 spiro atoms. The van der Waals surface area contributed by atoms with E-state index in [1.54, 1.807) is 0 Å². The van der Waals surface area contributed by atoms with Crippen molar-refractivity contribution in [1.82, 2.24) is 9.97 Å². The lowest BCUT2D eigenvalue weighted by molar-refractivity contribution is -0.143. The fourth-order valence-corrected chi connectivity index (χ4v) is 2.52. The molecule has 16 heavy (non-hydrogen) atoms. The summed E-state index contributed by atoms with van der Waals surface area (Å²) in [5.74, 6) is -0.511. The van der Waals surface area contributed by atoms with Gasteiger partial charge in [-0.25, -0.2) is 18.4 Å². The first-order valence-corrected chi connectivity index (χ1v) is 6.03. The van der Waals surface area contributed by atoms with Gasteiger partial charge < -0.3 is 0 Å². The summed E-state index contributed by atoms with van der Waals surface area (Å²) in [5, 5.41) is -0.718. The summed E-state index contributed by atoms with van der Waals surface area (Å²) < 4.78 is 60.3. The number of aromatic nitrogens is 2. The predicted octanol–water partition coefficient (Wildman–Crippen LogP) is 1.94. The normalized spacial score (nSPS) is 12.8. The maximum Gasteiger partial charge on any atom is 0.434 e. The highest BCUT2D eigenvalue weighted by molar-refractivity contribution is 7.91. The largest absolute Gasteiger partial charge is 0.434 e. The number of nitrogens with zero attached hydrogens (tertiary/aromatic N) is 2. The third kappa shape index (κ3) is 2.43. The molecule has 0 bridgehead atoms. The Kier molecular flexibility index (Phi) is 3.44. The highest BCUT2D eigenvalue weighted by Gasteiger charge is 2.40. The van der Waals surface area contributed by atoms with Gasteiger partial charge in [0.15, 0.2) is 20.7 Å². The third-order valence-electron chi connectivity index (χ3n) is 1.72. The SMILES string of the molecule is CCS(=O)(=O)c1c(Cl)ncnc1C(F)(F)F. The van der Waals surface area contributed by atoms with Crippen LogP contribution in [0.4, 0.5) is 13.2 Å². The van der Waals surface area contributed by atoms with Crippen molar-refractivity contribution in [2.45, 2.75) is 18.0 Å². The van der Waals surface area contributed by atoms with Gasteiger partial charge in [-0.3, -0.25) is 0 Å². The zero-order chi connectivity index (χ0) is 12.6. The van der Waals surface area contributed by atoms with Gasteiger partial charge in [0.2, 0.25) is 0 Å². The molecule has 0 aromatic carbocycles. The Morgan fingerprint density at radius 2 is 1.94 bits per heavy atom. The van der Waals surface area contributed by atoms with Crippen molar-refractivity contribution in [2.24, 2.45) is 0 Å². The Hall–Kier alpha value is -0.890. The summed E-state index contributed by atoms with van der Waals surface area (Å²) in [4.78, 5) is 5.10. The summed E-state index contributed by atoms with van der Waals surface area (Å²) in [6, 6.07) is 0. The monoisotopic (exact) mass is 274 g/mol. The van der Waals surface area contributed by atoms with Crippen LogP contribution in [0.15, 0.2) is 11.2 Å². The predicted molar refractivity (Wildman–Crippen MR) is 49.8 cm³/mol. The van der Waals surface area contributed by atoms with E-state index in [9.17, 15) is 21.6 Å². The molecular formula is C7H6ClF3N2O2S. The van der Waals surface area contributed by atoms with E-state index in [1.807, 2.05) is 0 Å². The van der Waals surface area contributed by atoms with E-state index in [2.05, 4.69) is 9.97 Å². The molecule has 0 saturated heterocycles. The molecule has 0 radical (unpaired) electrons. The fourth-order valence-electron chi connectivity index (χ4n) is 0.974. The number of hydrogen-bond donors (Lipinski definition) is 0. The Bertz CT molecular complexity index is 501. The number of sulfone groups is 1. The van der Waals surface area contributed by atoms with Crippen molar-refractivity contribution in [3.8, 4) is 0 Å². The number of halogens is 4. The number of rotatable bonds is 2. The van der Waals surface area contributed by atoms with E-state index in [0.29, 0.717) is 6.33 Å². The molecular weight excluding hydrogens is 269 g/mol. The van der Waals surface area contributed by atoms with Crippen molar-refractivity contribution in [1.29, 1.82) is 0 Å². The molecule has 9 heteroatoms. The van der Waals surface area contributed by atoms with E-state index in [4.69, 9.17) is 11.6 Å². The van der Waals surface area contributed by atoms with Crippen LogP contribution in [-0.4, -0.2) is 24.1 Å². The first kappa shape index (κ1) is 13.2. The van der Waals surface area contributed by atoms with Crippen molar-refractivity contribution < 1.29 is 21.6 Å². The van der Waals surface area contributed by atoms with Gasteiger partial charge in [0.1, 0.15) is 11.2 Å². The van der Waals surface area contributed by atoms with Crippen LogP contribution in [-0.2, 0) is 16.0 Å². The Balaban J connectivity index is 3.61. The van der Waals surface area contributed by atoms with Gasteiger partial charge in [-0.1, -0.05) is 18.5 Å². The number of alkyl halides is 3. The molecule has 0 aliphatic rings. The van der Waals surface area contributed by atoms with Crippen LogP contribution in [0.2, 0.25) is 5.15 Å². The molecule has 0 amide bonds. The van der Waals surface area contributed by atoms with E-state index in [-0.39, 0.29) is 0 Å². The van der Waals surface area contributed by atoms with Gasteiger partial charge in [-0.05, 0) is 0 Å². The highest BCUT2D eigenvalue weighted by atomic mass is 35.5. The standard InChI is InChI=1S/C7H6ClF3N2O2S/c1-2-16(14,15)4-5(7(9,10)11)12-3-13-6(4)8/h3H,2H2,1H3. The summed E-state index contributed by atoms with van der Waals surface area (Å²) >= 11 is 5.37. The van der Waals surface area contributed by atoms with Crippen LogP contribution >= 0.6 is 11.6 Å². The van der Waals surface area contributed by atoms with Crippen LogP contribution in [0.25, 0.3) is 0 Å². The maximum absolute atomic E-state index is 12.5. The highest BCUT2D eigenvalue weighted by Crippen LogP contribution is 2.35. The van der Waals surface area contributed by atoms with Gasteiger partial charge in [0.25, 0.3) is 0 Å². The molecule has 0 aliphatic carbocycles. The smallest absolute Gasteiger partial charge is 0.230 e. The molecule has 4 nitrogen and oxygen atoms in total. The first-order chi connectivity index (χ1) is 7.20. The van der Waals surface area contributed by atoms with Gasteiger partial charge in [-0.15, -0.1) is 0 Å². The molecule has 1 rings (SSSR count). The van der Waals surface area contributed by atoms with Gasteiger partial charge in [-0.2, -0.15) is 13.2 Å². The summed E-state index contributed by atoms with van der Waals surface area (Å²) in [6.07, 6.45) is -4.32. The summed E-state index contributed by atoms with van der Waals surface area (Å²) in [6.45, 7) is 1.21. The molecule has 0 aliphatic heterocycles. The summed E-state index contributed by atoms with van der Waals surface area (Å²) in [7, 11) is -4.12. The minimum atomic E-state index is -4.88. The zero-order valence-electron chi connectivity index (χ0n) is 7.92. The lowest BCUT2D eigenvalue weighted by Crippen LogP contribution is -2.17. The van der Waals surface area contributed by atoms with E-state index >= 15 is 0 Å². The molecule has 0 atom stereocenters. The topological polar surface area (TPSA) is 59.9 Å². The second kappa shape index (κ2) is 4.17. The molecule has 1 heterocycles. The van der Waals surface area contributed by atoms with Crippen molar-refractivity contribution in [3.05, 3.63) is 17.2 Å². The quantitative estimate of drug-likeness (QED) is 0.773. The Morgan fingerprint density at radius 1 is 1.38 bits per heavy atom. The Labute approximate surface area is 94.4 Å². The van der Waals surface area contributed by atoms with E-state index in [1.165, 1.54) is 6.92 Å². The number of hydrogen-bond acceptors (Lipinski definition) is 4. The second-order valence-corrected chi connectivity index (χ2v) is 5.32. The van der Waals surface area contributed by atoms with E-state index < -0.39 is 37.5 Å². The van der Waals surface area contributed by atoms with Gasteiger partial charge in [0.05, 0.1) is 5.75 Å². The minimum absolute atomic E-state index is 0.511. The van der Waals surface area contributed by atoms with Gasteiger partial charge in [0, 0.05) is 0 Å². The van der Waals surface area contributed by atoms with Gasteiger partial charge >= 0.3 is 6.18 Å². The van der Waals surface area contributed by atoms with Crippen LogP contribution in [0.3, 0.4) is 0 Å². The van der Waals surface area contributed by atoms with Crippen molar-refractivity contribution in [2.75, 3.05) is 5.75 Å². The lowest BCUT2D eigenvalue weighted by Gasteiger charge is -2.11. The van der Waals surface area contributed by atoms with Crippen LogP contribution in [0, 0.1) is 0 Å². The molecule has 1 aromatic heterocycles. The minimum Gasteiger partial charge on any atom is -0.230 e.